The molecule has 0 saturated heterocycles. The normalized spacial score (nSPS) is 15.9. The number of nitrogens with two attached hydrogens (primary N) is 1. The van der Waals surface area contributed by atoms with Gasteiger partial charge >= 0.3 is 0 Å². The van der Waals surface area contributed by atoms with E-state index in [9.17, 15) is 0 Å². The molecule has 15 heavy (non-hydrogen) atoms. The summed E-state index contributed by atoms with van der Waals surface area (Å²) in [7, 11) is 1.67. The van der Waals surface area contributed by atoms with Crippen LogP contribution in [0.3, 0.4) is 0 Å². The van der Waals surface area contributed by atoms with Crippen LogP contribution in [0, 0.1) is 5.92 Å². The maximum absolute atomic E-state index is 5.36. The van der Waals surface area contributed by atoms with Crippen molar-refractivity contribution in [1.82, 2.24) is 10.7 Å². The molecule has 4 N–H and O–H groups in total. The molecule has 0 rings (SSSR count). The Morgan fingerprint density at radius 2 is 2.13 bits per heavy atom. The lowest BCUT2D eigenvalue weighted by Gasteiger charge is -2.16. The van der Waals surface area contributed by atoms with Gasteiger partial charge in [-0.15, -0.1) is 0 Å². The van der Waals surface area contributed by atoms with Crippen LogP contribution in [-0.4, -0.2) is 32.3 Å². The van der Waals surface area contributed by atoms with Crippen LogP contribution in [0.25, 0.3) is 0 Å². The Labute approximate surface area is 92.4 Å². The van der Waals surface area contributed by atoms with E-state index in [1.165, 1.54) is 0 Å². The van der Waals surface area contributed by atoms with Crippen LogP contribution < -0.4 is 16.6 Å². The molecule has 5 nitrogen and oxygen atoms in total. The smallest absolute Gasteiger partial charge is 0.206 e. The first-order valence-corrected chi connectivity index (χ1v) is 5.40. The summed E-state index contributed by atoms with van der Waals surface area (Å²) in [5.74, 6) is 6.56. The molecule has 0 heterocycles. The standard InChI is InChI=1S/C10H24N4O/c1-5-8(2)6-12-10(14-11)13-9(3)7-15-4/h8-9H,5-7,11H2,1-4H3,(H2,12,13,14). The third-order valence-electron chi connectivity index (χ3n) is 2.19. The van der Waals surface area contributed by atoms with Gasteiger partial charge in [0, 0.05) is 19.7 Å². The molecule has 2 atom stereocenters. The van der Waals surface area contributed by atoms with E-state index < -0.39 is 0 Å². The highest BCUT2D eigenvalue weighted by Gasteiger charge is 2.04. The number of aliphatic imine (C=N–C) groups is 1. The van der Waals surface area contributed by atoms with Crippen LogP contribution in [-0.2, 0) is 4.74 Å². The first kappa shape index (κ1) is 14.2. The largest absolute Gasteiger partial charge is 0.383 e. The fourth-order valence-corrected chi connectivity index (χ4v) is 1.03. The molecule has 0 bridgehead atoms. The number of nitrogens with zero attached hydrogens (tertiary/aromatic N) is 1. The molecule has 5 heteroatoms. The van der Waals surface area contributed by atoms with E-state index in [1.807, 2.05) is 6.92 Å². The quantitative estimate of drug-likeness (QED) is 0.261. The molecule has 0 fully saturated rings. The summed E-state index contributed by atoms with van der Waals surface area (Å²) in [6, 6.07) is 0.196. The predicted octanol–water partition coefficient (Wildman–Crippen LogP) is 0.476. The first-order chi connectivity index (χ1) is 7.13. The molecular weight excluding hydrogens is 192 g/mol. The van der Waals surface area contributed by atoms with Crippen molar-refractivity contribution >= 4 is 5.96 Å². The van der Waals surface area contributed by atoms with Crippen molar-refractivity contribution in [1.29, 1.82) is 0 Å². The van der Waals surface area contributed by atoms with E-state index in [-0.39, 0.29) is 6.04 Å². The van der Waals surface area contributed by atoms with Crippen molar-refractivity contribution in [3.8, 4) is 0 Å². The number of nitrogens with one attached hydrogen (secondary N) is 2. The Morgan fingerprint density at radius 1 is 1.47 bits per heavy atom. The van der Waals surface area contributed by atoms with Crippen molar-refractivity contribution < 1.29 is 4.74 Å². The fraction of sp³-hybridized carbons (Fsp3) is 0.900. The van der Waals surface area contributed by atoms with Gasteiger partial charge in [-0.3, -0.25) is 10.4 Å². The molecule has 0 aromatic rings. The highest BCUT2D eigenvalue weighted by atomic mass is 16.5. The van der Waals surface area contributed by atoms with Crippen LogP contribution in [0.15, 0.2) is 4.99 Å². The molecular formula is C10H24N4O. The Morgan fingerprint density at radius 3 is 2.60 bits per heavy atom. The van der Waals surface area contributed by atoms with E-state index in [4.69, 9.17) is 10.6 Å². The van der Waals surface area contributed by atoms with Crippen LogP contribution >= 0.6 is 0 Å². The molecule has 0 radical (unpaired) electrons. The lowest BCUT2D eigenvalue weighted by atomic mass is 10.1. The molecule has 0 spiro atoms. The van der Waals surface area contributed by atoms with Crippen LogP contribution in [0.1, 0.15) is 27.2 Å². The molecule has 0 aliphatic rings. The van der Waals surface area contributed by atoms with Crippen LogP contribution in [0.2, 0.25) is 0 Å². The second kappa shape index (κ2) is 8.49. The molecule has 0 aliphatic carbocycles. The van der Waals surface area contributed by atoms with Gasteiger partial charge in [0.25, 0.3) is 0 Å². The second-order valence-electron chi connectivity index (χ2n) is 3.85. The van der Waals surface area contributed by atoms with Gasteiger partial charge < -0.3 is 10.1 Å². The zero-order chi connectivity index (χ0) is 11.7. The molecule has 0 aromatic heterocycles. The minimum absolute atomic E-state index is 0.196. The van der Waals surface area contributed by atoms with Gasteiger partial charge in [0.05, 0.1) is 6.61 Å². The average molecular weight is 216 g/mol. The zero-order valence-electron chi connectivity index (χ0n) is 10.2. The molecule has 0 aromatic carbocycles. The van der Waals surface area contributed by atoms with Gasteiger partial charge in [-0.2, -0.15) is 0 Å². The third-order valence-corrected chi connectivity index (χ3v) is 2.19. The lowest BCUT2D eigenvalue weighted by molar-refractivity contribution is 0.179. The highest BCUT2D eigenvalue weighted by molar-refractivity contribution is 5.79. The van der Waals surface area contributed by atoms with Crippen molar-refractivity contribution in [2.24, 2.45) is 16.8 Å². The SMILES string of the molecule is CCC(C)CN=C(NN)NC(C)COC. The molecule has 0 amide bonds. The van der Waals surface area contributed by atoms with Gasteiger partial charge in [0.2, 0.25) is 5.96 Å². The predicted molar refractivity (Wildman–Crippen MR) is 63.6 cm³/mol. The van der Waals surface area contributed by atoms with Gasteiger partial charge in [0.1, 0.15) is 0 Å². The van der Waals surface area contributed by atoms with E-state index >= 15 is 0 Å². The molecule has 2 unspecified atom stereocenters. The van der Waals surface area contributed by atoms with Crippen LogP contribution in [0.5, 0.6) is 0 Å². The fourth-order valence-electron chi connectivity index (χ4n) is 1.03. The number of hydrogen-bond acceptors (Lipinski definition) is 3. The minimum Gasteiger partial charge on any atom is -0.383 e. The maximum Gasteiger partial charge on any atom is 0.206 e. The van der Waals surface area contributed by atoms with E-state index in [0.29, 0.717) is 18.5 Å². The number of ether oxygens (including phenoxy) is 1. The van der Waals surface area contributed by atoms with Crippen molar-refractivity contribution in [2.45, 2.75) is 33.2 Å². The van der Waals surface area contributed by atoms with Crippen molar-refractivity contribution in [3.05, 3.63) is 0 Å². The summed E-state index contributed by atoms with van der Waals surface area (Å²) in [5.41, 5.74) is 2.55. The number of guanidine groups is 1. The van der Waals surface area contributed by atoms with Gasteiger partial charge in [-0.05, 0) is 12.8 Å². The number of methoxy groups -OCH3 is 1. The van der Waals surface area contributed by atoms with Crippen LogP contribution in [0.4, 0.5) is 0 Å². The van der Waals surface area contributed by atoms with Crippen molar-refractivity contribution in [2.75, 3.05) is 20.3 Å². The summed E-state index contributed by atoms with van der Waals surface area (Å²) in [5, 5.41) is 3.14. The van der Waals surface area contributed by atoms with E-state index in [2.05, 4.69) is 29.6 Å². The first-order valence-electron chi connectivity index (χ1n) is 5.40. The monoisotopic (exact) mass is 216 g/mol. The number of hydrazine groups is 1. The second-order valence-corrected chi connectivity index (χ2v) is 3.85. The Hall–Kier alpha value is -0.810. The Balaban J connectivity index is 3.99. The number of hydrogen-bond donors (Lipinski definition) is 3. The summed E-state index contributed by atoms with van der Waals surface area (Å²) in [6.45, 7) is 7.74. The summed E-state index contributed by atoms with van der Waals surface area (Å²) < 4.78 is 5.01. The van der Waals surface area contributed by atoms with E-state index in [0.717, 1.165) is 13.0 Å². The third kappa shape index (κ3) is 7.16. The Bertz CT molecular complexity index is 184. The summed E-state index contributed by atoms with van der Waals surface area (Å²) >= 11 is 0. The topological polar surface area (TPSA) is 71.7 Å². The summed E-state index contributed by atoms with van der Waals surface area (Å²) in [6.07, 6.45) is 1.12. The summed E-state index contributed by atoms with van der Waals surface area (Å²) in [4.78, 5) is 4.35. The molecule has 0 aliphatic heterocycles. The van der Waals surface area contributed by atoms with Gasteiger partial charge in [-0.1, -0.05) is 20.3 Å². The lowest BCUT2D eigenvalue weighted by Crippen LogP contribution is -2.47. The van der Waals surface area contributed by atoms with Gasteiger partial charge in [-0.25, -0.2) is 5.84 Å². The molecule has 90 valence electrons. The van der Waals surface area contributed by atoms with Crippen molar-refractivity contribution in [3.63, 3.8) is 0 Å². The average Bonchev–Trinajstić information content (AvgIpc) is 2.23. The number of rotatable bonds is 6. The highest BCUT2D eigenvalue weighted by Crippen LogP contribution is 1.99. The maximum atomic E-state index is 5.36. The molecule has 0 saturated carbocycles. The van der Waals surface area contributed by atoms with Gasteiger partial charge in [0.15, 0.2) is 0 Å². The Kier molecular flexibility index (Phi) is 8.04. The van der Waals surface area contributed by atoms with E-state index in [1.54, 1.807) is 7.11 Å². The minimum atomic E-state index is 0.196. The zero-order valence-corrected chi connectivity index (χ0v) is 10.2.